The molecule has 2 heterocycles. The Bertz CT molecular complexity index is 855. The lowest BCUT2D eigenvalue weighted by Crippen LogP contribution is -2.13. The van der Waals surface area contributed by atoms with Crippen molar-refractivity contribution in [3.63, 3.8) is 0 Å². The average Bonchev–Trinajstić information content (AvgIpc) is 3.26. The SMILES string of the molecule is CCC(=O)C(C)Sc1nnc(-c2ccccc2C)n1Cc1ccco1. The summed E-state index contributed by atoms with van der Waals surface area (Å²) < 4.78 is 7.52. The minimum Gasteiger partial charge on any atom is -0.467 e. The van der Waals surface area contributed by atoms with Crippen LogP contribution in [0, 0.1) is 6.92 Å². The maximum Gasteiger partial charge on any atom is 0.192 e. The molecule has 0 saturated carbocycles. The van der Waals surface area contributed by atoms with Gasteiger partial charge in [-0.25, -0.2) is 0 Å². The van der Waals surface area contributed by atoms with Crippen LogP contribution in [0.4, 0.5) is 0 Å². The summed E-state index contributed by atoms with van der Waals surface area (Å²) in [6.45, 7) is 6.37. The summed E-state index contributed by atoms with van der Waals surface area (Å²) in [6, 6.07) is 11.9. The van der Waals surface area contributed by atoms with E-state index in [9.17, 15) is 4.79 Å². The molecule has 0 N–H and O–H groups in total. The van der Waals surface area contributed by atoms with Crippen LogP contribution >= 0.6 is 11.8 Å². The first-order chi connectivity index (χ1) is 12.1. The number of nitrogens with zero attached hydrogens (tertiary/aromatic N) is 3. The van der Waals surface area contributed by atoms with Crippen LogP contribution in [-0.2, 0) is 11.3 Å². The van der Waals surface area contributed by atoms with E-state index in [1.165, 1.54) is 11.8 Å². The maximum atomic E-state index is 12.0. The van der Waals surface area contributed by atoms with Crippen LogP contribution in [-0.4, -0.2) is 25.8 Å². The molecule has 2 aromatic heterocycles. The van der Waals surface area contributed by atoms with E-state index in [1.807, 2.05) is 48.7 Å². The third kappa shape index (κ3) is 3.85. The number of ketones is 1. The highest BCUT2D eigenvalue weighted by molar-refractivity contribution is 8.00. The Labute approximate surface area is 151 Å². The number of benzene rings is 1. The minimum absolute atomic E-state index is 0.158. The molecule has 0 aliphatic rings. The number of carbonyl (C=O) groups is 1. The highest BCUT2D eigenvalue weighted by atomic mass is 32.2. The molecule has 5 nitrogen and oxygen atoms in total. The molecule has 0 amide bonds. The summed E-state index contributed by atoms with van der Waals surface area (Å²) in [4.78, 5) is 12.0. The zero-order valence-corrected chi connectivity index (χ0v) is 15.4. The molecule has 3 aromatic rings. The van der Waals surface area contributed by atoms with Crippen molar-refractivity contribution >= 4 is 17.5 Å². The summed E-state index contributed by atoms with van der Waals surface area (Å²) in [5, 5.41) is 9.33. The molecule has 0 aliphatic carbocycles. The predicted molar refractivity (Wildman–Crippen MR) is 98.6 cm³/mol. The minimum atomic E-state index is -0.158. The topological polar surface area (TPSA) is 60.9 Å². The number of carbonyl (C=O) groups excluding carboxylic acids is 1. The van der Waals surface area contributed by atoms with Crippen molar-refractivity contribution in [3.05, 3.63) is 54.0 Å². The van der Waals surface area contributed by atoms with Gasteiger partial charge < -0.3 is 4.42 Å². The van der Waals surface area contributed by atoms with Crippen molar-refractivity contribution in [1.82, 2.24) is 14.8 Å². The quantitative estimate of drug-likeness (QED) is 0.590. The highest BCUT2D eigenvalue weighted by Gasteiger charge is 2.21. The van der Waals surface area contributed by atoms with Gasteiger partial charge in [0, 0.05) is 12.0 Å². The van der Waals surface area contributed by atoms with Gasteiger partial charge in [0.2, 0.25) is 0 Å². The lowest BCUT2D eigenvalue weighted by Gasteiger charge is -2.12. The van der Waals surface area contributed by atoms with Crippen molar-refractivity contribution < 1.29 is 9.21 Å². The van der Waals surface area contributed by atoms with E-state index >= 15 is 0 Å². The van der Waals surface area contributed by atoms with Crippen molar-refractivity contribution in [2.45, 2.75) is 44.1 Å². The van der Waals surface area contributed by atoms with Gasteiger partial charge in [0.25, 0.3) is 0 Å². The van der Waals surface area contributed by atoms with Crippen molar-refractivity contribution in [2.24, 2.45) is 0 Å². The smallest absolute Gasteiger partial charge is 0.192 e. The monoisotopic (exact) mass is 355 g/mol. The fourth-order valence-corrected chi connectivity index (χ4v) is 3.59. The van der Waals surface area contributed by atoms with E-state index in [0.29, 0.717) is 13.0 Å². The Balaban J connectivity index is 2.01. The largest absolute Gasteiger partial charge is 0.467 e. The van der Waals surface area contributed by atoms with E-state index in [4.69, 9.17) is 4.42 Å². The Morgan fingerprint density at radius 3 is 2.72 bits per heavy atom. The van der Waals surface area contributed by atoms with Crippen molar-refractivity contribution in [1.29, 1.82) is 0 Å². The molecule has 0 radical (unpaired) electrons. The van der Waals surface area contributed by atoms with Crippen LogP contribution in [0.1, 0.15) is 31.6 Å². The van der Waals surface area contributed by atoms with Gasteiger partial charge in [0.1, 0.15) is 11.5 Å². The summed E-state index contributed by atoms with van der Waals surface area (Å²) in [5.41, 5.74) is 2.16. The lowest BCUT2D eigenvalue weighted by molar-refractivity contribution is -0.118. The number of furan rings is 1. The Hall–Kier alpha value is -2.34. The predicted octanol–water partition coefficient (Wildman–Crippen LogP) is 4.35. The molecule has 0 bridgehead atoms. The van der Waals surface area contributed by atoms with E-state index in [1.54, 1.807) is 6.26 Å². The normalized spacial score (nSPS) is 12.3. The second kappa shape index (κ2) is 7.70. The summed E-state index contributed by atoms with van der Waals surface area (Å²) in [7, 11) is 0. The van der Waals surface area contributed by atoms with E-state index in [0.717, 1.165) is 27.9 Å². The van der Waals surface area contributed by atoms with Crippen LogP contribution in [0.5, 0.6) is 0 Å². The van der Waals surface area contributed by atoms with Gasteiger partial charge in [-0.2, -0.15) is 0 Å². The van der Waals surface area contributed by atoms with E-state index in [-0.39, 0.29) is 11.0 Å². The Kier molecular flexibility index (Phi) is 5.38. The third-order valence-corrected chi connectivity index (χ3v) is 5.21. The number of thioether (sulfide) groups is 1. The fourth-order valence-electron chi connectivity index (χ4n) is 2.61. The van der Waals surface area contributed by atoms with E-state index < -0.39 is 0 Å². The lowest BCUT2D eigenvalue weighted by atomic mass is 10.1. The molecular formula is C19H21N3O2S. The van der Waals surface area contributed by atoms with Gasteiger partial charge in [-0.1, -0.05) is 43.0 Å². The molecule has 1 unspecified atom stereocenters. The van der Waals surface area contributed by atoms with Crippen LogP contribution in [0.3, 0.4) is 0 Å². The molecule has 130 valence electrons. The number of hydrogen-bond donors (Lipinski definition) is 0. The van der Waals surface area contributed by atoms with Crippen molar-refractivity contribution in [3.8, 4) is 11.4 Å². The molecule has 0 spiro atoms. The molecular weight excluding hydrogens is 334 g/mol. The molecule has 1 aromatic carbocycles. The third-order valence-electron chi connectivity index (χ3n) is 4.08. The fraction of sp³-hybridized carbons (Fsp3) is 0.316. The van der Waals surface area contributed by atoms with Gasteiger partial charge in [0.05, 0.1) is 18.1 Å². The molecule has 1 atom stereocenters. The van der Waals surface area contributed by atoms with Crippen molar-refractivity contribution in [2.75, 3.05) is 0 Å². The van der Waals surface area contributed by atoms with E-state index in [2.05, 4.69) is 23.2 Å². The second-order valence-corrected chi connectivity index (χ2v) is 7.17. The average molecular weight is 355 g/mol. The first-order valence-electron chi connectivity index (χ1n) is 8.31. The summed E-state index contributed by atoms with van der Waals surface area (Å²) >= 11 is 1.44. The number of aromatic nitrogens is 3. The number of Topliss-reactive ketones (excluding diaryl/α,β-unsaturated/α-hetero) is 1. The zero-order valence-electron chi connectivity index (χ0n) is 14.6. The van der Waals surface area contributed by atoms with Crippen LogP contribution < -0.4 is 0 Å². The van der Waals surface area contributed by atoms with Crippen LogP contribution in [0.15, 0.2) is 52.2 Å². The number of rotatable bonds is 7. The van der Waals surface area contributed by atoms with Gasteiger partial charge >= 0.3 is 0 Å². The van der Waals surface area contributed by atoms with Gasteiger partial charge in [-0.15, -0.1) is 10.2 Å². The molecule has 6 heteroatoms. The molecule has 0 saturated heterocycles. The maximum absolute atomic E-state index is 12.0. The first kappa shape index (κ1) is 17.5. The van der Waals surface area contributed by atoms with Crippen LogP contribution in [0.2, 0.25) is 0 Å². The molecule has 0 fully saturated rings. The second-order valence-electron chi connectivity index (χ2n) is 5.87. The first-order valence-corrected chi connectivity index (χ1v) is 9.19. The number of aryl methyl sites for hydroxylation is 1. The summed E-state index contributed by atoms with van der Waals surface area (Å²) in [6.07, 6.45) is 2.17. The van der Waals surface area contributed by atoms with Gasteiger partial charge in [0.15, 0.2) is 11.0 Å². The zero-order chi connectivity index (χ0) is 17.8. The van der Waals surface area contributed by atoms with Crippen LogP contribution in [0.25, 0.3) is 11.4 Å². The molecule has 0 aliphatic heterocycles. The van der Waals surface area contributed by atoms with Gasteiger partial charge in [-0.05, 0) is 31.5 Å². The number of hydrogen-bond acceptors (Lipinski definition) is 5. The summed E-state index contributed by atoms with van der Waals surface area (Å²) in [5.74, 6) is 1.81. The Morgan fingerprint density at radius 2 is 2.04 bits per heavy atom. The molecule has 3 rings (SSSR count). The Morgan fingerprint density at radius 1 is 1.24 bits per heavy atom. The standard InChI is InChI=1S/C19H21N3O2S/c1-4-17(23)14(3)25-19-21-20-18(16-10-6-5-8-13(16)2)22(19)12-15-9-7-11-24-15/h5-11,14H,4,12H2,1-3H3. The highest BCUT2D eigenvalue weighted by Crippen LogP contribution is 2.29. The van der Waals surface area contributed by atoms with Gasteiger partial charge in [-0.3, -0.25) is 9.36 Å². The molecule has 25 heavy (non-hydrogen) atoms.